The highest BCUT2D eigenvalue weighted by Crippen LogP contribution is 2.22. The van der Waals surface area contributed by atoms with Crippen molar-refractivity contribution in [3.05, 3.63) is 73.8 Å². The molecule has 2 aromatic carbocycles. The monoisotopic (exact) mass is 324 g/mol. The average Bonchev–Trinajstić information content (AvgIpc) is 2.46. The highest BCUT2D eigenvalue weighted by atomic mass is 35.5. The molecule has 0 bridgehead atoms. The van der Waals surface area contributed by atoms with Crippen LogP contribution in [0.2, 0.25) is 10.0 Å². The van der Waals surface area contributed by atoms with Gasteiger partial charge in [0, 0.05) is 23.7 Å². The lowest BCUT2D eigenvalue weighted by Gasteiger charge is -2.07. The number of nitro groups is 1. The van der Waals surface area contributed by atoms with Crippen molar-refractivity contribution in [2.75, 3.05) is 0 Å². The van der Waals surface area contributed by atoms with Gasteiger partial charge in [0.15, 0.2) is 0 Å². The minimum Gasteiger partial charge on any atom is -0.348 e. The molecule has 0 aromatic heterocycles. The van der Waals surface area contributed by atoms with E-state index in [1.54, 1.807) is 24.3 Å². The van der Waals surface area contributed by atoms with E-state index in [4.69, 9.17) is 23.2 Å². The molecule has 0 unspecified atom stereocenters. The summed E-state index contributed by atoms with van der Waals surface area (Å²) in [6, 6.07) is 10.8. The Morgan fingerprint density at radius 1 is 1.14 bits per heavy atom. The molecule has 1 amide bonds. The Bertz CT molecular complexity index is 687. The third kappa shape index (κ3) is 3.93. The SMILES string of the molecule is O=C(NCc1ccc(Cl)cc1)c1ccc([N+](=O)[O-])cc1Cl. The van der Waals surface area contributed by atoms with E-state index in [-0.39, 0.29) is 16.3 Å². The fourth-order valence-electron chi connectivity index (χ4n) is 1.68. The summed E-state index contributed by atoms with van der Waals surface area (Å²) in [5, 5.41) is 13.9. The molecule has 1 N–H and O–H groups in total. The first kappa shape index (κ1) is 15.3. The molecule has 0 heterocycles. The quantitative estimate of drug-likeness (QED) is 0.686. The van der Waals surface area contributed by atoms with Crippen molar-refractivity contribution in [1.82, 2.24) is 5.32 Å². The van der Waals surface area contributed by atoms with Crippen LogP contribution in [0.5, 0.6) is 0 Å². The van der Waals surface area contributed by atoms with Crippen LogP contribution in [0.1, 0.15) is 15.9 Å². The molecule has 0 aliphatic carbocycles. The van der Waals surface area contributed by atoms with Gasteiger partial charge in [-0.1, -0.05) is 35.3 Å². The summed E-state index contributed by atoms with van der Waals surface area (Å²) in [6.45, 7) is 0.309. The number of nitro benzene ring substituents is 1. The summed E-state index contributed by atoms with van der Waals surface area (Å²) < 4.78 is 0. The van der Waals surface area contributed by atoms with Gasteiger partial charge in [0.25, 0.3) is 11.6 Å². The molecule has 0 atom stereocenters. The molecule has 7 heteroatoms. The van der Waals surface area contributed by atoms with E-state index >= 15 is 0 Å². The Morgan fingerprint density at radius 3 is 2.38 bits per heavy atom. The number of nitrogens with one attached hydrogen (secondary N) is 1. The van der Waals surface area contributed by atoms with Crippen LogP contribution in [-0.4, -0.2) is 10.8 Å². The zero-order valence-electron chi connectivity index (χ0n) is 10.7. The summed E-state index contributed by atoms with van der Waals surface area (Å²) in [5.74, 6) is -0.398. The number of nitrogens with zero attached hydrogens (tertiary/aromatic N) is 1. The van der Waals surface area contributed by atoms with Gasteiger partial charge in [0.2, 0.25) is 0 Å². The average molecular weight is 325 g/mol. The molecule has 5 nitrogen and oxygen atoms in total. The first-order chi connectivity index (χ1) is 9.97. The summed E-state index contributed by atoms with van der Waals surface area (Å²) in [6.07, 6.45) is 0. The summed E-state index contributed by atoms with van der Waals surface area (Å²) in [7, 11) is 0. The lowest BCUT2D eigenvalue weighted by molar-refractivity contribution is -0.384. The topological polar surface area (TPSA) is 72.2 Å². The van der Waals surface area contributed by atoms with Crippen LogP contribution >= 0.6 is 23.2 Å². The van der Waals surface area contributed by atoms with Crippen LogP contribution in [0, 0.1) is 10.1 Å². The summed E-state index contributed by atoms with van der Waals surface area (Å²) >= 11 is 11.7. The lowest BCUT2D eigenvalue weighted by atomic mass is 10.1. The van der Waals surface area contributed by atoms with Gasteiger partial charge in [-0.25, -0.2) is 0 Å². The lowest BCUT2D eigenvalue weighted by Crippen LogP contribution is -2.23. The maximum atomic E-state index is 12.0. The number of non-ortho nitro benzene ring substituents is 1. The van der Waals surface area contributed by atoms with Crippen LogP contribution in [-0.2, 0) is 6.54 Å². The minimum atomic E-state index is -0.568. The van der Waals surface area contributed by atoms with Crippen molar-refractivity contribution in [1.29, 1.82) is 0 Å². The fraction of sp³-hybridized carbons (Fsp3) is 0.0714. The Hall–Kier alpha value is -2.11. The zero-order chi connectivity index (χ0) is 15.4. The molecule has 0 spiro atoms. The first-order valence-corrected chi connectivity index (χ1v) is 6.69. The molecular formula is C14H10Cl2N2O3. The van der Waals surface area contributed by atoms with Gasteiger partial charge >= 0.3 is 0 Å². The number of carbonyl (C=O) groups is 1. The number of rotatable bonds is 4. The van der Waals surface area contributed by atoms with Crippen molar-refractivity contribution in [3.8, 4) is 0 Å². The van der Waals surface area contributed by atoms with Crippen LogP contribution in [0.4, 0.5) is 5.69 Å². The van der Waals surface area contributed by atoms with Crippen LogP contribution in [0.25, 0.3) is 0 Å². The minimum absolute atomic E-state index is 0.0396. The Labute approximate surface area is 130 Å². The summed E-state index contributed by atoms with van der Waals surface area (Å²) in [5.41, 5.74) is 0.913. The van der Waals surface area contributed by atoms with Gasteiger partial charge in [0.1, 0.15) is 0 Å². The molecule has 0 aliphatic heterocycles. The Morgan fingerprint density at radius 2 is 1.81 bits per heavy atom. The van der Waals surface area contributed by atoms with Gasteiger partial charge in [-0.3, -0.25) is 14.9 Å². The third-order valence-electron chi connectivity index (χ3n) is 2.77. The second-order valence-corrected chi connectivity index (χ2v) is 5.07. The highest BCUT2D eigenvalue weighted by Gasteiger charge is 2.14. The molecule has 21 heavy (non-hydrogen) atoms. The molecule has 0 radical (unpaired) electrons. The number of amides is 1. The van der Waals surface area contributed by atoms with E-state index in [2.05, 4.69) is 5.32 Å². The van der Waals surface area contributed by atoms with E-state index in [0.717, 1.165) is 11.6 Å². The number of benzene rings is 2. The molecule has 2 aromatic rings. The number of halogens is 2. The normalized spacial score (nSPS) is 10.2. The molecule has 2 rings (SSSR count). The van der Waals surface area contributed by atoms with Crippen LogP contribution in [0.15, 0.2) is 42.5 Å². The molecule has 0 saturated heterocycles. The maximum Gasteiger partial charge on any atom is 0.270 e. The van der Waals surface area contributed by atoms with Gasteiger partial charge in [-0.05, 0) is 23.8 Å². The number of carbonyl (C=O) groups excluding carboxylic acids is 1. The molecular weight excluding hydrogens is 315 g/mol. The number of hydrogen-bond acceptors (Lipinski definition) is 3. The third-order valence-corrected chi connectivity index (χ3v) is 3.34. The summed E-state index contributed by atoms with van der Waals surface area (Å²) in [4.78, 5) is 22.0. The Balaban J connectivity index is 2.06. The molecule has 108 valence electrons. The van der Waals surface area contributed by atoms with E-state index in [0.29, 0.717) is 11.6 Å². The highest BCUT2D eigenvalue weighted by molar-refractivity contribution is 6.34. The molecule has 0 aliphatic rings. The van der Waals surface area contributed by atoms with Crippen LogP contribution in [0.3, 0.4) is 0 Å². The van der Waals surface area contributed by atoms with Crippen LogP contribution < -0.4 is 5.32 Å². The van der Waals surface area contributed by atoms with E-state index in [1.165, 1.54) is 12.1 Å². The van der Waals surface area contributed by atoms with Crippen molar-refractivity contribution in [2.45, 2.75) is 6.54 Å². The van der Waals surface area contributed by atoms with Crippen molar-refractivity contribution in [3.63, 3.8) is 0 Å². The fourth-order valence-corrected chi connectivity index (χ4v) is 2.07. The van der Waals surface area contributed by atoms with Crippen molar-refractivity contribution < 1.29 is 9.72 Å². The van der Waals surface area contributed by atoms with E-state index < -0.39 is 10.8 Å². The van der Waals surface area contributed by atoms with E-state index in [1.807, 2.05) is 0 Å². The first-order valence-electron chi connectivity index (χ1n) is 5.94. The Kier molecular flexibility index (Phi) is 4.77. The zero-order valence-corrected chi connectivity index (χ0v) is 12.2. The smallest absolute Gasteiger partial charge is 0.270 e. The van der Waals surface area contributed by atoms with Crippen molar-refractivity contribution >= 4 is 34.8 Å². The van der Waals surface area contributed by atoms with Gasteiger partial charge in [-0.2, -0.15) is 0 Å². The largest absolute Gasteiger partial charge is 0.348 e. The van der Waals surface area contributed by atoms with E-state index in [9.17, 15) is 14.9 Å². The standard InChI is InChI=1S/C14H10Cl2N2O3/c15-10-3-1-9(2-4-10)8-17-14(19)12-6-5-11(18(20)21)7-13(12)16/h1-7H,8H2,(H,17,19). The molecule has 0 saturated carbocycles. The maximum absolute atomic E-state index is 12.0. The predicted molar refractivity (Wildman–Crippen MR) is 80.7 cm³/mol. The second kappa shape index (κ2) is 6.56. The van der Waals surface area contributed by atoms with Gasteiger partial charge < -0.3 is 5.32 Å². The van der Waals surface area contributed by atoms with Crippen molar-refractivity contribution in [2.24, 2.45) is 0 Å². The second-order valence-electron chi connectivity index (χ2n) is 4.23. The van der Waals surface area contributed by atoms with Gasteiger partial charge in [-0.15, -0.1) is 0 Å². The number of hydrogen-bond donors (Lipinski definition) is 1. The predicted octanol–water partition coefficient (Wildman–Crippen LogP) is 3.83. The molecule has 0 fully saturated rings. The van der Waals surface area contributed by atoms with Gasteiger partial charge in [0.05, 0.1) is 15.5 Å².